The average Bonchev–Trinajstić information content (AvgIpc) is 2.52. The molecular formula is C12H25NO2S. The minimum Gasteiger partial charge on any atom is -0.316 e. The minimum atomic E-state index is -2.78. The van der Waals surface area contributed by atoms with Crippen LogP contribution < -0.4 is 5.32 Å². The first kappa shape index (κ1) is 14.0. The topological polar surface area (TPSA) is 46.2 Å². The molecule has 0 aromatic carbocycles. The fraction of sp³-hybridized carbons (Fsp3) is 1.00. The highest BCUT2D eigenvalue weighted by atomic mass is 32.2. The van der Waals surface area contributed by atoms with E-state index in [2.05, 4.69) is 26.1 Å². The Morgan fingerprint density at radius 1 is 1.38 bits per heavy atom. The van der Waals surface area contributed by atoms with Crippen molar-refractivity contribution in [2.45, 2.75) is 40.0 Å². The van der Waals surface area contributed by atoms with Crippen LogP contribution in [-0.2, 0) is 9.84 Å². The molecule has 0 spiro atoms. The van der Waals surface area contributed by atoms with Gasteiger partial charge in [-0.1, -0.05) is 27.2 Å². The average molecular weight is 247 g/mol. The molecule has 0 radical (unpaired) electrons. The van der Waals surface area contributed by atoms with Crippen LogP contribution in [0.3, 0.4) is 0 Å². The molecule has 3 nitrogen and oxygen atoms in total. The molecule has 0 aromatic rings. The van der Waals surface area contributed by atoms with Gasteiger partial charge in [-0.2, -0.15) is 0 Å². The summed E-state index contributed by atoms with van der Waals surface area (Å²) in [6, 6.07) is 0. The first-order valence-corrected chi connectivity index (χ1v) is 8.16. The Labute approximate surface area is 99.9 Å². The minimum absolute atomic E-state index is 0.00424. The van der Waals surface area contributed by atoms with Crippen LogP contribution >= 0.6 is 0 Å². The van der Waals surface area contributed by atoms with E-state index in [9.17, 15) is 8.42 Å². The molecule has 1 aliphatic rings. The number of sulfone groups is 1. The van der Waals surface area contributed by atoms with Gasteiger partial charge in [-0.25, -0.2) is 8.42 Å². The third-order valence-corrected chi connectivity index (χ3v) is 5.58. The fourth-order valence-electron chi connectivity index (χ4n) is 2.63. The van der Waals surface area contributed by atoms with Crippen molar-refractivity contribution in [3.05, 3.63) is 0 Å². The van der Waals surface area contributed by atoms with Gasteiger partial charge in [0.2, 0.25) is 0 Å². The molecule has 0 saturated carbocycles. The van der Waals surface area contributed by atoms with Crippen LogP contribution in [0.5, 0.6) is 0 Å². The predicted octanol–water partition coefficient (Wildman–Crippen LogP) is 1.84. The maximum Gasteiger partial charge on any atom is 0.150 e. The monoisotopic (exact) mass is 247 g/mol. The Hall–Kier alpha value is -0.0900. The molecular weight excluding hydrogens is 222 g/mol. The van der Waals surface area contributed by atoms with E-state index in [0.717, 1.165) is 32.4 Å². The third-order valence-electron chi connectivity index (χ3n) is 3.70. The lowest BCUT2D eigenvalue weighted by Crippen LogP contribution is -2.36. The lowest BCUT2D eigenvalue weighted by Gasteiger charge is -2.30. The largest absolute Gasteiger partial charge is 0.316 e. The number of hydrogen-bond donors (Lipinski definition) is 1. The molecule has 1 N–H and O–H groups in total. The molecule has 16 heavy (non-hydrogen) atoms. The van der Waals surface area contributed by atoms with E-state index in [0.29, 0.717) is 17.4 Å². The Balaban J connectivity index is 2.70. The molecule has 96 valence electrons. The maximum atomic E-state index is 11.7. The molecule has 2 unspecified atom stereocenters. The lowest BCUT2D eigenvalue weighted by molar-refractivity contribution is 0.243. The second-order valence-corrected chi connectivity index (χ2v) is 7.52. The van der Waals surface area contributed by atoms with Gasteiger partial charge in [-0.3, -0.25) is 0 Å². The van der Waals surface area contributed by atoms with Crippen LogP contribution in [0.2, 0.25) is 0 Å². The van der Waals surface area contributed by atoms with Gasteiger partial charge in [-0.05, 0) is 30.7 Å². The van der Waals surface area contributed by atoms with Crippen molar-refractivity contribution in [3.63, 3.8) is 0 Å². The maximum absolute atomic E-state index is 11.7. The molecule has 0 bridgehead atoms. The molecule has 0 aliphatic carbocycles. The van der Waals surface area contributed by atoms with E-state index in [4.69, 9.17) is 0 Å². The highest BCUT2D eigenvalue weighted by Crippen LogP contribution is 2.38. The van der Waals surface area contributed by atoms with E-state index in [1.165, 1.54) is 0 Å². The summed E-state index contributed by atoms with van der Waals surface area (Å²) in [5, 5.41) is 3.33. The molecule has 4 heteroatoms. The quantitative estimate of drug-likeness (QED) is 0.779. The Morgan fingerprint density at radius 2 is 2.06 bits per heavy atom. The zero-order valence-electron chi connectivity index (χ0n) is 10.8. The second-order valence-electron chi connectivity index (χ2n) is 5.34. The molecule has 2 atom stereocenters. The van der Waals surface area contributed by atoms with Crippen LogP contribution in [0.4, 0.5) is 0 Å². The van der Waals surface area contributed by atoms with Gasteiger partial charge >= 0.3 is 0 Å². The molecule has 0 amide bonds. The van der Waals surface area contributed by atoms with Gasteiger partial charge in [0.15, 0.2) is 9.84 Å². The van der Waals surface area contributed by atoms with E-state index in [1.54, 1.807) is 0 Å². The highest BCUT2D eigenvalue weighted by Gasteiger charge is 2.42. The summed E-state index contributed by atoms with van der Waals surface area (Å²) in [6.07, 6.45) is 3.01. The van der Waals surface area contributed by atoms with Gasteiger partial charge in [0.25, 0.3) is 0 Å². The van der Waals surface area contributed by atoms with Gasteiger partial charge in [0.1, 0.15) is 0 Å². The number of hydrogen-bond acceptors (Lipinski definition) is 3. The first-order valence-electron chi connectivity index (χ1n) is 6.34. The predicted molar refractivity (Wildman–Crippen MR) is 68.3 cm³/mol. The Kier molecular flexibility index (Phi) is 4.80. The van der Waals surface area contributed by atoms with Crippen LogP contribution in [0, 0.1) is 11.3 Å². The third kappa shape index (κ3) is 3.74. The normalized spacial score (nSPS) is 30.4. The summed E-state index contributed by atoms with van der Waals surface area (Å²) >= 11 is 0. The van der Waals surface area contributed by atoms with Crippen molar-refractivity contribution in [1.82, 2.24) is 5.32 Å². The molecule has 1 heterocycles. The van der Waals surface area contributed by atoms with Crippen molar-refractivity contribution in [2.24, 2.45) is 11.3 Å². The van der Waals surface area contributed by atoms with Crippen molar-refractivity contribution in [3.8, 4) is 0 Å². The molecule has 1 rings (SSSR count). The SMILES string of the molecule is CCNCC1(CC(C)CC)CCS(=O)(=O)C1. The van der Waals surface area contributed by atoms with Crippen molar-refractivity contribution < 1.29 is 8.42 Å². The van der Waals surface area contributed by atoms with E-state index in [1.807, 2.05) is 0 Å². The van der Waals surface area contributed by atoms with Crippen molar-refractivity contribution in [2.75, 3.05) is 24.6 Å². The summed E-state index contributed by atoms with van der Waals surface area (Å²) in [4.78, 5) is 0. The summed E-state index contributed by atoms with van der Waals surface area (Å²) in [5.74, 6) is 1.39. The molecule has 1 aliphatic heterocycles. The van der Waals surface area contributed by atoms with Crippen LogP contribution in [0.15, 0.2) is 0 Å². The number of nitrogens with one attached hydrogen (secondary N) is 1. The second kappa shape index (κ2) is 5.50. The van der Waals surface area contributed by atoms with Gasteiger partial charge in [-0.15, -0.1) is 0 Å². The van der Waals surface area contributed by atoms with E-state index < -0.39 is 9.84 Å². The molecule has 0 aromatic heterocycles. The summed E-state index contributed by atoms with van der Waals surface area (Å²) < 4.78 is 23.3. The van der Waals surface area contributed by atoms with Crippen LogP contribution in [0.25, 0.3) is 0 Å². The van der Waals surface area contributed by atoms with Crippen molar-refractivity contribution >= 4 is 9.84 Å². The van der Waals surface area contributed by atoms with Crippen LogP contribution in [0.1, 0.15) is 40.0 Å². The number of rotatable bonds is 6. The zero-order chi connectivity index (χ0) is 12.2. The molecule has 1 fully saturated rings. The highest BCUT2D eigenvalue weighted by molar-refractivity contribution is 7.91. The summed E-state index contributed by atoms with van der Waals surface area (Å²) in [5.41, 5.74) is 0.00424. The van der Waals surface area contributed by atoms with Crippen LogP contribution in [-0.4, -0.2) is 33.0 Å². The standard InChI is InChI=1S/C12H25NO2S/c1-4-11(3)8-12(9-13-5-2)6-7-16(14,15)10-12/h11,13H,4-10H2,1-3H3. The van der Waals surface area contributed by atoms with Gasteiger partial charge < -0.3 is 5.32 Å². The van der Waals surface area contributed by atoms with Gasteiger partial charge in [0, 0.05) is 6.54 Å². The Bertz CT molecular complexity index is 313. The fourth-order valence-corrected chi connectivity index (χ4v) is 4.81. The van der Waals surface area contributed by atoms with E-state index in [-0.39, 0.29) is 5.41 Å². The Morgan fingerprint density at radius 3 is 2.50 bits per heavy atom. The van der Waals surface area contributed by atoms with Gasteiger partial charge in [0.05, 0.1) is 11.5 Å². The summed E-state index contributed by atoms with van der Waals surface area (Å²) in [7, 11) is -2.78. The zero-order valence-corrected chi connectivity index (χ0v) is 11.6. The smallest absolute Gasteiger partial charge is 0.150 e. The first-order chi connectivity index (χ1) is 7.43. The van der Waals surface area contributed by atoms with E-state index >= 15 is 0 Å². The lowest BCUT2D eigenvalue weighted by atomic mass is 9.78. The van der Waals surface area contributed by atoms with Crippen molar-refractivity contribution in [1.29, 1.82) is 0 Å². The molecule has 1 saturated heterocycles. The summed E-state index contributed by atoms with van der Waals surface area (Å²) in [6.45, 7) is 8.24.